The largest absolute Gasteiger partial charge is 0.394 e. The van der Waals surface area contributed by atoms with Gasteiger partial charge in [0.15, 0.2) is 0 Å². The van der Waals surface area contributed by atoms with E-state index in [9.17, 15) is 5.11 Å². The summed E-state index contributed by atoms with van der Waals surface area (Å²) in [5, 5.41) is 13.5. The Morgan fingerprint density at radius 1 is 1.47 bits per heavy atom. The molecule has 0 aromatic heterocycles. The Kier molecular flexibility index (Phi) is 3.58. The van der Waals surface area contributed by atoms with Crippen molar-refractivity contribution in [3.8, 4) is 0 Å². The van der Waals surface area contributed by atoms with E-state index in [0.717, 1.165) is 29.2 Å². The molecule has 2 atom stereocenters. The standard InChI is InChI=1S/C15H21BrN2O/c1-11-8-15(10-19,9-18(11)14-5-6-14)17-13-4-2-3-12(16)7-13/h2-4,7,11,14,17,19H,5-6,8-10H2,1H3. The molecule has 0 amide bonds. The second kappa shape index (κ2) is 5.08. The summed E-state index contributed by atoms with van der Waals surface area (Å²) in [4.78, 5) is 2.56. The van der Waals surface area contributed by atoms with Gasteiger partial charge in [0.05, 0.1) is 12.1 Å². The molecule has 2 N–H and O–H groups in total. The molecule has 1 aromatic rings. The van der Waals surface area contributed by atoms with Crippen molar-refractivity contribution in [2.24, 2.45) is 0 Å². The van der Waals surface area contributed by atoms with Gasteiger partial charge in [-0.1, -0.05) is 22.0 Å². The van der Waals surface area contributed by atoms with Crippen LogP contribution in [0.15, 0.2) is 28.7 Å². The Bertz CT molecular complexity index is 463. The van der Waals surface area contributed by atoms with E-state index in [-0.39, 0.29) is 12.1 Å². The van der Waals surface area contributed by atoms with Gasteiger partial charge in [-0.25, -0.2) is 0 Å². The monoisotopic (exact) mass is 324 g/mol. The van der Waals surface area contributed by atoms with Crippen molar-refractivity contribution in [1.82, 2.24) is 4.90 Å². The van der Waals surface area contributed by atoms with Gasteiger partial charge in [0.1, 0.15) is 0 Å². The molecular formula is C15H21BrN2O. The molecule has 2 unspecified atom stereocenters. The molecule has 1 heterocycles. The summed E-state index contributed by atoms with van der Waals surface area (Å²) in [6.45, 7) is 3.41. The first-order valence-electron chi connectivity index (χ1n) is 7.02. The third kappa shape index (κ3) is 2.81. The molecular weight excluding hydrogens is 304 g/mol. The maximum atomic E-state index is 9.88. The van der Waals surface area contributed by atoms with Crippen molar-refractivity contribution in [3.05, 3.63) is 28.7 Å². The van der Waals surface area contributed by atoms with Crippen LogP contribution in [0, 0.1) is 0 Å². The first kappa shape index (κ1) is 13.4. The van der Waals surface area contributed by atoms with E-state index in [0.29, 0.717) is 6.04 Å². The minimum absolute atomic E-state index is 0.188. The van der Waals surface area contributed by atoms with Gasteiger partial charge in [-0.05, 0) is 44.4 Å². The van der Waals surface area contributed by atoms with Gasteiger partial charge in [-0.15, -0.1) is 0 Å². The summed E-state index contributed by atoms with van der Waals surface area (Å²) >= 11 is 3.50. The molecule has 19 heavy (non-hydrogen) atoms. The summed E-state index contributed by atoms with van der Waals surface area (Å²) in [7, 11) is 0. The predicted molar refractivity (Wildman–Crippen MR) is 81.4 cm³/mol. The molecule has 1 saturated heterocycles. The molecule has 3 rings (SSSR count). The Hall–Kier alpha value is -0.580. The number of aliphatic hydroxyl groups is 1. The van der Waals surface area contributed by atoms with Gasteiger partial charge >= 0.3 is 0 Å². The SMILES string of the molecule is CC1CC(CO)(Nc2cccc(Br)c2)CN1C1CC1. The molecule has 0 spiro atoms. The first-order chi connectivity index (χ1) is 9.12. The fourth-order valence-electron chi connectivity index (χ4n) is 3.26. The second-order valence-electron chi connectivity index (χ2n) is 6.03. The average molecular weight is 325 g/mol. The number of benzene rings is 1. The number of nitrogens with zero attached hydrogens (tertiary/aromatic N) is 1. The fraction of sp³-hybridized carbons (Fsp3) is 0.600. The first-order valence-corrected chi connectivity index (χ1v) is 7.81. The zero-order valence-electron chi connectivity index (χ0n) is 11.3. The molecule has 4 heteroatoms. The predicted octanol–water partition coefficient (Wildman–Crippen LogP) is 2.85. The van der Waals surface area contributed by atoms with Crippen LogP contribution in [0.2, 0.25) is 0 Å². The lowest BCUT2D eigenvalue weighted by molar-refractivity contribution is 0.201. The van der Waals surface area contributed by atoms with Crippen molar-refractivity contribution in [3.63, 3.8) is 0 Å². The Balaban J connectivity index is 1.76. The van der Waals surface area contributed by atoms with E-state index in [4.69, 9.17) is 0 Å². The minimum atomic E-state index is -0.192. The van der Waals surface area contributed by atoms with Gasteiger partial charge in [-0.3, -0.25) is 4.90 Å². The molecule has 1 aliphatic heterocycles. The molecule has 1 aromatic carbocycles. The number of hydrogen-bond acceptors (Lipinski definition) is 3. The Labute approximate surface area is 123 Å². The number of rotatable bonds is 4. The lowest BCUT2D eigenvalue weighted by Crippen LogP contribution is -2.45. The third-order valence-corrected chi connectivity index (χ3v) is 4.78. The van der Waals surface area contributed by atoms with Gasteiger partial charge in [0, 0.05) is 28.8 Å². The highest BCUT2D eigenvalue weighted by molar-refractivity contribution is 9.10. The van der Waals surface area contributed by atoms with Gasteiger partial charge in [-0.2, -0.15) is 0 Å². The summed E-state index contributed by atoms with van der Waals surface area (Å²) in [6.07, 6.45) is 3.65. The lowest BCUT2D eigenvalue weighted by atomic mass is 9.97. The highest BCUT2D eigenvalue weighted by Crippen LogP contribution is 2.38. The van der Waals surface area contributed by atoms with E-state index < -0.39 is 0 Å². The Morgan fingerprint density at radius 3 is 2.89 bits per heavy atom. The van der Waals surface area contributed by atoms with E-state index in [1.807, 2.05) is 12.1 Å². The maximum absolute atomic E-state index is 9.88. The number of halogens is 1. The molecule has 0 bridgehead atoms. The number of nitrogens with one attached hydrogen (secondary N) is 1. The zero-order chi connectivity index (χ0) is 13.5. The molecule has 1 aliphatic carbocycles. The molecule has 104 valence electrons. The van der Waals surface area contributed by atoms with Crippen LogP contribution in [0.3, 0.4) is 0 Å². The van der Waals surface area contributed by atoms with Crippen LogP contribution in [0.5, 0.6) is 0 Å². The normalized spacial score (nSPS) is 31.6. The van der Waals surface area contributed by atoms with Crippen LogP contribution in [-0.2, 0) is 0 Å². The maximum Gasteiger partial charge on any atom is 0.0745 e. The number of anilines is 1. The highest BCUT2D eigenvalue weighted by atomic mass is 79.9. The third-order valence-electron chi connectivity index (χ3n) is 4.29. The van der Waals surface area contributed by atoms with Crippen molar-refractivity contribution in [2.45, 2.75) is 43.8 Å². The summed E-state index contributed by atoms with van der Waals surface area (Å²) in [5.74, 6) is 0. The smallest absolute Gasteiger partial charge is 0.0745 e. The second-order valence-corrected chi connectivity index (χ2v) is 6.95. The quantitative estimate of drug-likeness (QED) is 0.894. The summed E-state index contributed by atoms with van der Waals surface area (Å²) < 4.78 is 1.07. The van der Waals surface area contributed by atoms with Crippen molar-refractivity contribution >= 4 is 21.6 Å². The zero-order valence-corrected chi connectivity index (χ0v) is 12.9. The van der Waals surface area contributed by atoms with E-state index >= 15 is 0 Å². The van der Waals surface area contributed by atoms with Crippen LogP contribution in [0.4, 0.5) is 5.69 Å². The van der Waals surface area contributed by atoms with Gasteiger partial charge in [0.2, 0.25) is 0 Å². The molecule has 2 fully saturated rings. The summed E-state index contributed by atoms with van der Waals surface area (Å²) in [5.41, 5.74) is 0.885. The molecule has 2 aliphatic rings. The fourth-order valence-corrected chi connectivity index (χ4v) is 3.66. The van der Waals surface area contributed by atoms with Crippen LogP contribution >= 0.6 is 15.9 Å². The Morgan fingerprint density at radius 2 is 2.26 bits per heavy atom. The summed E-state index contributed by atoms with van der Waals surface area (Å²) in [6, 6.07) is 9.49. The van der Waals surface area contributed by atoms with Crippen LogP contribution in [0.25, 0.3) is 0 Å². The van der Waals surface area contributed by atoms with Crippen molar-refractivity contribution in [1.29, 1.82) is 0 Å². The van der Waals surface area contributed by atoms with Crippen LogP contribution in [-0.4, -0.2) is 40.8 Å². The topological polar surface area (TPSA) is 35.5 Å². The van der Waals surface area contributed by atoms with Gasteiger partial charge in [0.25, 0.3) is 0 Å². The number of likely N-dealkylation sites (tertiary alicyclic amines) is 1. The van der Waals surface area contributed by atoms with E-state index in [2.05, 4.69) is 45.2 Å². The van der Waals surface area contributed by atoms with Crippen LogP contribution < -0.4 is 5.32 Å². The highest BCUT2D eigenvalue weighted by Gasteiger charge is 2.46. The van der Waals surface area contributed by atoms with E-state index in [1.165, 1.54) is 12.8 Å². The number of aliphatic hydroxyl groups excluding tert-OH is 1. The average Bonchev–Trinajstić information content (AvgIpc) is 3.15. The minimum Gasteiger partial charge on any atom is -0.394 e. The number of hydrogen-bond donors (Lipinski definition) is 2. The lowest BCUT2D eigenvalue weighted by Gasteiger charge is -2.30. The van der Waals surface area contributed by atoms with E-state index in [1.54, 1.807) is 0 Å². The van der Waals surface area contributed by atoms with Crippen molar-refractivity contribution < 1.29 is 5.11 Å². The molecule has 0 radical (unpaired) electrons. The molecule has 1 saturated carbocycles. The van der Waals surface area contributed by atoms with Gasteiger partial charge < -0.3 is 10.4 Å². The molecule has 3 nitrogen and oxygen atoms in total. The van der Waals surface area contributed by atoms with Crippen molar-refractivity contribution in [2.75, 3.05) is 18.5 Å². The van der Waals surface area contributed by atoms with Crippen LogP contribution in [0.1, 0.15) is 26.2 Å².